The van der Waals surface area contributed by atoms with E-state index < -0.39 is 5.60 Å². The first kappa shape index (κ1) is 32.1. The Morgan fingerprint density at radius 1 is 1.02 bits per heavy atom. The first-order valence-corrected chi connectivity index (χ1v) is 17.5. The van der Waals surface area contributed by atoms with Gasteiger partial charge in [0.15, 0.2) is 17.4 Å². The van der Waals surface area contributed by atoms with Crippen molar-refractivity contribution < 1.29 is 14.7 Å². The standard InChI is InChI=1S/C22H32O3.C17H13ClN4/c1-13-11-16-17(20(3)8-5-15(24)12-19(13)20)6-9-21(4)18(16)7-10-22(21,25)14(2)23;1-11-20-21-16-10-19-17(12-5-3-2-4-6-12)14-9-13(18)7-8-15(14)22(11)16/h12-13,16-18,25H,5-11H2,1-4H3;2-9H,10H2,1H3/t13-,16+,17-,18-,20+,21-,22-;/m0./s1. The molecule has 1 aliphatic heterocycles. The zero-order chi connectivity index (χ0) is 33.3. The van der Waals surface area contributed by atoms with Gasteiger partial charge in [0.1, 0.15) is 18.0 Å². The van der Waals surface area contributed by atoms with Crippen molar-refractivity contribution in [3.8, 4) is 5.69 Å². The molecule has 3 fully saturated rings. The van der Waals surface area contributed by atoms with Crippen LogP contribution in [0.15, 0.2) is 65.2 Å². The smallest absolute Gasteiger partial charge is 0.161 e. The number of aryl methyl sites for hydroxylation is 1. The van der Waals surface area contributed by atoms with E-state index in [0.717, 1.165) is 66.3 Å². The molecule has 2 aromatic carbocycles. The molecule has 8 rings (SSSR count). The predicted octanol–water partition coefficient (Wildman–Crippen LogP) is 7.66. The number of ketones is 2. The van der Waals surface area contributed by atoms with E-state index in [9.17, 15) is 14.7 Å². The Balaban J connectivity index is 0.000000151. The molecule has 0 saturated heterocycles. The van der Waals surface area contributed by atoms with E-state index in [-0.39, 0.29) is 16.6 Å². The van der Waals surface area contributed by atoms with Crippen LogP contribution in [0.2, 0.25) is 5.02 Å². The highest BCUT2D eigenvalue weighted by Gasteiger charge is 2.66. The van der Waals surface area contributed by atoms with Crippen molar-refractivity contribution in [3.05, 3.63) is 88.0 Å². The second kappa shape index (κ2) is 11.6. The maximum absolute atomic E-state index is 12.3. The fraction of sp³-hybridized carbons (Fsp3) is 0.513. The minimum atomic E-state index is -1.13. The predicted molar refractivity (Wildman–Crippen MR) is 184 cm³/mol. The molecule has 7 atom stereocenters. The minimum Gasteiger partial charge on any atom is -0.382 e. The summed E-state index contributed by atoms with van der Waals surface area (Å²) >= 11 is 6.23. The van der Waals surface area contributed by atoms with Gasteiger partial charge in [0.05, 0.1) is 11.4 Å². The van der Waals surface area contributed by atoms with Crippen molar-refractivity contribution in [2.75, 3.05) is 0 Å². The summed E-state index contributed by atoms with van der Waals surface area (Å²) in [6, 6.07) is 16.0. The van der Waals surface area contributed by atoms with Crippen molar-refractivity contribution in [1.82, 2.24) is 14.8 Å². The molecule has 1 N–H and O–H groups in total. The van der Waals surface area contributed by atoms with Gasteiger partial charge in [-0.1, -0.05) is 68.3 Å². The molecule has 0 spiro atoms. The van der Waals surface area contributed by atoms with Gasteiger partial charge in [-0.15, -0.1) is 10.2 Å². The number of hydrogen-bond donors (Lipinski definition) is 1. The second-order valence-electron chi connectivity index (χ2n) is 15.1. The van der Waals surface area contributed by atoms with Gasteiger partial charge in [-0.05, 0) is 106 Å². The largest absolute Gasteiger partial charge is 0.382 e. The number of fused-ring (bicyclic) bond motifs is 8. The average Bonchev–Trinajstić information content (AvgIpc) is 3.49. The molecule has 5 aliphatic rings. The van der Waals surface area contributed by atoms with Gasteiger partial charge >= 0.3 is 0 Å². The maximum atomic E-state index is 12.3. The number of aromatic nitrogens is 3. The Hall–Kier alpha value is -3.42. The number of hydrogen-bond acceptors (Lipinski definition) is 6. The van der Waals surface area contributed by atoms with E-state index in [1.54, 1.807) is 6.92 Å². The minimum absolute atomic E-state index is 0.0464. The molecule has 246 valence electrons. The normalized spacial score (nSPS) is 33.8. The zero-order valence-electron chi connectivity index (χ0n) is 28.1. The van der Waals surface area contributed by atoms with Crippen molar-refractivity contribution in [1.29, 1.82) is 0 Å². The van der Waals surface area contributed by atoms with Crippen molar-refractivity contribution >= 4 is 28.9 Å². The summed E-state index contributed by atoms with van der Waals surface area (Å²) in [5, 5.41) is 20.3. The number of nitrogens with zero attached hydrogens (tertiary/aromatic N) is 4. The summed E-state index contributed by atoms with van der Waals surface area (Å²) in [6.07, 6.45) is 8.31. The second-order valence-corrected chi connectivity index (χ2v) is 15.5. The van der Waals surface area contributed by atoms with Gasteiger partial charge in [-0.3, -0.25) is 19.1 Å². The number of carbonyl (C=O) groups is 2. The number of aliphatic imine (C=N–C) groups is 1. The van der Waals surface area contributed by atoms with Gasteiger partial charge in [0.2, 0.25) is 0 Å². The van der Waals surface area contributed by atoms with Crippen molar-refractivity contribution in [2.45, 2.75) is 91.7 Å². The molecule has 0 radical (unpaired) electrons. The summed E-state index contributed by atoms with van der Waals surface area (Å²) in [4.78, 5) is 29.1. The number of rotatable bonds is 2. The zero-order valence-corrected chi connectivity index (χ0v) is 28.8. The molecule has 4 aliphatic carbocycles. The van der Waals surface area contributed by atoms with Crippen molar-refractivity contribution in [2.24, 2.45) is 39.5 Å². The molecular weight excluding hydrogens is 608 g/mol. The van der Waals surface area contributed by atoms with E-state index in [4.69, 9.17) is 16.6 Å². The average molecular weight is 653 g/mol. The van der Waals surface area contributed by atoms with Crippen LogP contribution in [0.4, 0.5) is 0 Å². The highest BCUT2D eigenvalue weighted by molar-refractivity contribution is 6.31. The van der Waals surface area contributed by atoms with Crippen LogP contribution in [-0.2, 0) is 16.1 Å². The lowest BCUT2D eigenvalue weighted by molar-refractivity contribution is -0.161. The number of aliphatic hydroxyl groups is 1. The number of Topliss-reactive ketones (excluding diaryl/α,β-unsaturated/α-hetero) is 1. The fourth-order valence-electron chi connectivity index (χ4n) is 10.4. The molecule has 3 aromatic rings. The summed E-state index contributed by atoms with van der Waals surface area (Å²) in [5.74, 6) is 3.96. The van der Waals surface area contributed by atoms with Crippen LogP contribution < -0.4 is 0 Å². The van der Waals surface area contributed by atoms with Gasteiger partial charge in [-0.25, -0.2) is 0 Å². The number of carbonyl (C=O) groups excluding carboxylic acids is 2. The third kappa shape index (κ3) is 4.99. The Labute approximate surface area is 282 Å². The molecule has 47 heavy (non-hydrogen) atoms. The van der Waals surface area contributed by atoms with Gasteiger partial charge in [0.25, 0.3) is 0 Å². The van der Waals surface area contributed by atoms with Crippen LogP contribution in [0.3, 0.4) is 0 Å². The Kier molecular flexibility index (Phi) is 7.95. The summed E-state index contributed by atoms with van der Waals surface area (Å²) in [7, 11) is 0. The highest BCUT2D eigenvalue weighted by atomic mass is 35.5. The lowest BCUT2D eigenvalue weighted by Crippen LogP contribution is -2.57. The van der Waals surface area contributed by atoms with Crippen LogP contribution in [0.25, 0.3) is 5.69 Å². The number of halogens is 1. The summed E-state index contributed by atoms with van der Waals surface area (Å²) in [6.45, 7) is 10.8. The van der Waals surface area contributed by atoms with Gasteiger partial charge < -0.3 is 5.11 Å². The summed E-state index contributed by atoms with van der Waals surface area (Å²) < 4.78 is 2.05. The van der Waals surface area contributed by atoms with E-state index in [1.165, 1.54) is 5.57 Å². The monoisotopic (exact) mass is 652 g/mol. The van der Waals surface area contributed by atoms with Crippen LogP contribution in [-0.4, -0.2) is 42.8 Å². The fourth-order valence-corrected chi connectivity index (χ4v) is 10.5. The van der Waals surface area contributed by atoms with E-state index in [2.05, 4.69) is 43.1 Å². The molecule has 0 unspecified atom stereocenters. The molecule has 1 aromatic heterocycles. The van der Waals surface area contributed by atoms with E-state index >= 15 is 0 Å². The molecule has 3 saturated carbocycles. The molecule has 2 heterocycles. The van der Waals surface area contributed by atoms with Crippen LogP contribution in [0.5, 0.6) is 0 Å². The first-order chi connectivity index (χ1) is 22.4. The molecule has 0 bridgehead atoms. The van der Waals surface area contributed by atoms with Crippen molar-refractivity contribution in [3.63, 3.8) is 0 Å². The number of allylic oxidation sites excluding steroid dienone is 1. The first-order valence-electron chi connectivity index (χ1n) is 17.2. The Morgan fingerprint density at radius 3 is 2.51 bits per heavy atom. The van der Waals surface area contributed by atoms with Crippen LogP contribution in [0.1, 0.15) is 95.4 Å². The van der Waals surface area contributed by atoms with E-state index in [1.807, 2.05) is 54.0 Å². The quantitative estimate of drug-likeness (QED) is 0.306. The topological polar surface area (TPSA) is 97.4 Å². The third-order valence-electron chi connectivity index (χ3n) is 12.8. The molecule has 7 nitrogen and oxygen atoms in total. The highest BCUT2D eigenvalue weighted by Crippen LogP contribution is 2.68. The van der Waals surface area contributed by atoms with Crippen LogP contribution >= 0.6 is 11.6 Å². The lowest BCUT2D eigenvalue weighted by Gasteiger charge is -2.60. The molecule has 8 heteroatoms. The summed E-state index contributed by atoms with van der Waals surface area (Å²) in [5.41, 5.74) is 4.13. The third-order valence-corrected chi connectivity index (χ3v) is 13.0. The lowest BCUT2D eigenvalue weighted by atomic mass is 9.45. The Morgan fingerprint density at radius 2 is 1.77 bits per heavy atom. The maximum Gasteiger partial charge on any atom is 0.161 e. The van der Waals surface area contributed by atoms with E-state index in [0.29, 0.717) is 53.9 Å². The SMILES string of the molecule is CC(=O)[C@@]1(O)CC[C@H]2[C@@H]3C[C@H](C)C4=CC(=O)CC[C@]4(C)[C@H]3CC[C@@]21C.Cc1nnc2n1-c1ccc(Cl)cc1C(c1ccccc1)=NC2. The molecular formula is C39H45ClN4O3. The van der Waals surface area contributed by atoms with Gasteiger partial charge in [0, 0.05) is 28.0 Å². The Bertz CT molecular complexity index is 1810. The van der Waals surface area contributed by atoms with Crippen LogP contribution in [0, 0.1) is 41.4 Å². The van der Waals surface area contributed by atoms with Gasteiger partial charge in [-0.2, -0.15) is 0 Å². The number of benzene rings is 2. The molecule has 0 amide bonds.